The highest BCUT2D eigenvalue weighted by molar-refractivity contribution is 6.00. The summed E-state index contributed by atoms with van der Waals surface area (Å²) in [6.07, 6.45) is 1.74. The van der Waals surface area contributed by atoms with Gasteiger partial charge in [0, 0.05) is 34.0 Å². The van der Waals surface area contributed by atoms with Crippen LogP contribution in [0, 0.1) is 32.1 Å². The van der Waals surface area contributed by atoms with Gasteiger partial charge in [0.1, 0.15) is 23.2 Å². The second kappa shape index (κ2) is 27.9. The van der Waals surface area contributed by atoms with Gasteiger partial charge in [-0.1, -0.05) is 273 Å². The quantitative estimate of drug-likeness (QED) is 0.129. The Morgan fingerprint density at radius 1 is 0.222 bits per heavy atom. The zero-order chi connectivity index (χ0) is 67.0. The fourth-order valence-electron chi connectivity index (χ4n) is 12.5. The highest BCUT2D eigenvalue weighted by Crippen LogP contribution is 2.36. The number of aryl methyl sites for hydroxylation is 3. The molecule has 4 heterocycles. The smallest absolute Gasteiger partial charge is 0.182 e. The number of pyridine rings is 1. The molecule has 0 N–H and O–H groups in total. The Labute approximate surface area is 573 Å². The Balaban J connectivity index is 0.000000123. The Morgan fingerprint density at radius 2 is 0.465 bits per heavy atom. The van der Waals surface area contributed by atoms with Crippen LogP contribution >= 0.6 is 0 Å². The van der Waals surface area contributed by atoms with Gasteiger partial charge in [-0.3, -0.25) is 4.98 Å². The van der Waals surface area contributed by atoms with Gasteiger partial charge in [-0.2, -0.15) is 5.26 Å². The Bertz CT molecular complexity index is 5660. The van der Waals surface area contributed by atoms with Crippen LogP contribution in [0.3, 0.4) is 0 Å². The van der Waals surface area contributed by atoms with Crippen molar-refractivity contribution in [2.45, 2.75) is 20.8 Å². The molecule has 99 heavy (non-hydrogen) atoms. The van der Waals surface area contributed by atoms with Crippen LogP contribution in [0.15, 0.2) is 316 Å². The van der Waals surface area contributed by atoms with Gasteiger partial charge < -0.3 is 0 Å². The summed E-state index contributed by atoms with van der Waals surface area (Å²) in [7, 11) is 0. The number of fused-ring (bicyclic) bond motifs is 4. The predicted molar refractivity (Wildman–Crippen MR) is 401 cm³/mol. The third-order valence-electron chi connectivity index (χ3n) is 17.4. The molecule has 0 fully saturated rings. The van der Waals surface area contributed by atoms with Crippen LogP contribution in [-0.4, -0.2) is 49.8 Å². The third-order valence-corrected chi connectivity index (χ3v) is 17.4. The standard InChI is InChI=1S/C36H25N3.C27H18N4.C25H18N4/c1-24-37-35(29-20-16-27(17-21-29)33-14-6-10-25-8-2-4-12-31(25)33)39-36(38-24)30-22-18-28(19-23-30)34-15-7-11-26-9-3-5-13-32(26)34;1-18-29-26(22-11-9-19(17-28)10-12-22)31-27(30-18)23-15-13-21(14-16-23)25-8-4-6-20-5-2-3-7-24(20)25;1-17-27-24(29-25(28-17)23-11-4-5-16-26-23)20-14-12-19(13-15-20)22-10-6-8-18-7-2-3-9-21(18)22/h2-23H,1H3;2-16H,1H3;2-16H,1H3. The number of nitrogens with zero attached hydrogens (tertiary/aromatic N) is 11. The van der Waals surface area contributed by atoms with E-state index in [0.29, 0.717) is 58.0 Å². The lowest BCUT2D eigenvalue weighted by atomic mass is 9.97. The largest absolute Gasteiger partial charge is 0.253 e. The Hall–Kier alpha value is -13.4. The van der Waals surface area contributed by atoms with Crippen LogP contribution in [0.5, 0.6) is 0 Å². The van der Waals surface area contributed by atoms with Gasteiger partial charge in [0.05, 0.1) is 11.6 Å². The van der Waals surface area contributed by atoms with Crippen LogP contribution in [0.2, 0.25) is 0 Å². The monoisotopic (exact) mass is 1270 g/mol. The van der Waals surface area contributed by atoms with Gasteiger partial charge in [0.15, 0.2) is 34.9 Å². The summed E-state index contributed by atoms with van der Waals surface area (Å²) < 4.78 is 0. The lowest BCUT2D eigenvalue weighted by Crippen LogP contribution is -2.00. The van der Waals surface area contributed by atoms with Gasteiger partial charge in [-0.15, -0.1) is 0 Å². The molecule has 0 spiro atoms. The average molecular weight is 1270 g/mol. The van der Waals surface area contributed by atoms with Crippen molar-refractivity contribution in [3.05, 3.63) is 339 Å². The van der Waals surface area contributed by atoms with Crippen LogP contribution in [-0.2, 0) is 0 Å². The molecule has 0 amide bonds. The molecule has 468 valence electrons. The van der Waals surface area contributed by atoms with E-state index < -0.39 is 0 Å². The number of aromatic nitrogens is 10. The summed E-state index contributed by atoms with van der Waals surface area (Å²) in [6.45, 7) is 5.66. The molecule has 0 unspecified atom stereocenters. The van der Waals surface area contributed by atoms with Crippen molar-refractivity contribution in [3.8, 4) is 119 Å². The zero-order valence-electron chi connectivity index (χ0n) is 54.4. The van der Waals surface area contributed by atoms with Crippen molar-refractivity contribution in [1.29, 1.82) is 5.26 Å². The van der Waals surface area contributed by atoms with Crippen LogP contribution < -0.4 is 0 Å². The van der Waals surface area contributed by atoms with Crippen molar-refractivity contribution in [3.63, 3.8) is 0 Å². The maximum absolute atomic E-state index is 9.01. The van der Waals surface area contributed by atoms with Crippen LogP contribution in [0.25, 0.3) is 156 Å². The molecule has 17 aromatic rings. The summed E-state index contributed by atoms with van der Waals surface area (Å²) in [5.74, 6) is 5.87. The SMILES string of the molecule is Cc1nc(-c2ccc(-c3cccc4ccccc34)cc2)nc(-c2ccc(-c3cccc4ccccc34)cc2)n1.Cc1nc(-c2ccc(-c3cccc4ccccc34)cc2)nc(-c2ccccn2)n1.Cc1nc(-c2ccc(C#N)cc2)nc(-c2ccc(-c3cccc4ccccc34)cc2)n1. The van der Waals surface area contributed by atoms with E-state index in [9.17, 15) is 0 Å². The first-order chi connectivity index (χ1) is 48.7. The number of rotatable bonds is 10. The highest BCUT2D eigenvalue weighted by atomic mass is 15.1. The number of nitriles is 1. The molecule has 0 saturated carbocycles. The van der Waals surface area contributed by atoms with E-state index in [-0.39, 0.29) is 0 Å². The van der Waals surface area contributed by atoms with Gasteiger partial charge >= 0.3 is 0 Å². The van der Waals surface area contributed by atoms with Gasteiger partial charge in [-0.25, -0.2) is 44.9 Å². The van der Waals surface area contributed by atoms with Crippen molar-refractivity contribution < 1.29 is 0 Å². The molecule has 0 saturated heterocycles. The van der Waals surface area contributed by atoms with Gasteiger partial charge in [-0.05, 0) is 145 Å². The maximum atomic E-state index is 9.01. The van der Waals surface area contributed by atoms with E-state index in [1.54, 1.807) is 18.3 Å². The summed E-state index contributed by atoms with van der Waals surface area (Å²) in [6, 6.07) is 108. The van der Waals surface area contributed by atoms with E-state index in [1.807, 2.05) is 51.1 Å². The van der Waals surface area contributed by atoms with Gasteiger partial charge in [0.2, 0.25) is 0 Å². The molecular weight excluding hydrogens is 1210 g/mol. The van der Waals surface area contributed by atoms with E-state index in [0.717, 1.165) is 39.1 Å². The molecule has 11 nitrogen and oxygen atoms in total. The Morgan fingerprint density at radius 3 is 0.747 bits per heavy atom. The zero-order valence-corrected chi connectivity index (χ0v) is 54.4. The predicted octanol–water partition coefficient (Wildman–Crippen LogP) is 21.1. The summed E-state index contributed by atoms with van der Waals surface area (Å²) >= 11 is 0. The minimum Gasteiger partial charge on any atom is -0.253 e. The lowest BCUT2D eigenvalue weighted by Gasteiger charge is -2.10. The number of hydrogen-bond acceptors (Lipinski definition) is 11. The number of hydrogen-bond donors (Lipinski definition) is 0. The summed E-state index contributed by atoms with van der Waals surface area (Å²) in [5.41, 5.74) is 15.6. The van der Waals surface area contributed by atoms with E-state index in [4.69, 9.17) is 10.2 Å². The highest BCUT2D eigenvalue weighted by Gasteiger charge is 2.15. The molecular formula is C88H61N11. The number of benzene rings is 13. The fourth-order valence-corrected chi connectivity index (χ4v) is 12.5. The average Bonchev–Trinajstić information content (AvgIpc) is 0.863. The molecule has 11 heteroatoms. The van der Waals surface area contributed by atoms with Crippen molar-refractivity contribution >= 4 is 43.1 Å². The molecule has 0 atom stereocenters. The lowest BCUT2D eigenvalue weighted by molar-refractivity contribution is 0.983. The maximum Gasteiger partial charge on any atom is 0.182 e. The summed E-state index contributed by atoms with van der Waals surface area (Å²) in [5, 5.41) is 18.9. The van der Waals surface area contributed by atoms with E-state index >= 15 is 0 Å². The van der Waals surface area contributed by atoms with E-state index in [2.05, 4.69) is 318 Å². The van der Waals surface area contributed by atoms with Crippen LogP contribution in [0.1, 0.15) is 23.0 Å². The molecule has 0 radical (unpaired) electrons. The van der Waals surface area contributed by atoms with Crippen molar-refractivity contribution in [1.82, 2.24) is 49.8 Å². The fraction of sp³-hybridized carbons (Fsp3) is 0.0341. The first-order valence-corrected chi connectivity index (χ1v) is 32.7. The van der Waals surface area contributed by atoms with Crippen LogP contribution in [0.4, 0.5) is 0 Å². The second-order valence-corrected chi connectivity index (χ2v) is 23.9. The first kappa shape index (κ1) is 61.7. The topological polar surface area (TPSA) is 153 Å². The second-order valence-electron chi connectivity index (χ2n) is 23.9. The molecule has 0 bridgehead atoms. The molecule has 0 aliphatic rings. The molecule has 0 aliphatic carbocycles. The third kappa shape index (κ3) is 13.5. The Kier molecular flexibility index (Phi) is 17.4. The summed E-state index contributed by atoms with van der Waals surface area (Å²) in [4.78, 5) is 45.8. The van der Waals surface area contributed by atoms with Gasteiger partial charge in [0.25, 0.3) is 0 Å². The molecule has 17 rings (SSSR count). The van der Waals surface area contributed by atoms with Crippen molar-refractivity contribution in [2.24, 2.45) is 0 Å². The molecule has 0 aliphatic heterocycles. The molecule has 13 aromatic carbocycles. The van der Waals surface area contributed by atoms with E-state index in [1.165, 1.54) is 82.0 Å². The minimum atomic E-state index is 0.589. The minimum absolute atomic E-state index is 0.589. The van der Waals surface area contributed by atoms with Crippen molar-refractivity contribution in [2.75, 3.05) is 0 Å². The molecule has 4 aromatic heterocycles. The first-order valence-electron chi connectivity index (χ1n) is 32.7. The normalized spacial score (nSPS) is 11.0.